The smallest absolute Gasteiger partial charge is 0.273 e. The number of rotatable bonds is 7. The number of carbonyl (C=O) groups is 1. The van der Waals surface area contributed by atoms with E-state index in [2.05, 4.69) is 10.4 Å². The highest BCUT2D eigenvalue weighted by molar-refractivity contribution is 7.89. The molecule has 0 spiro atoms. The molecule has 0 saturated carbocycles. The monoisotopic (exact) mass is 528 g/mol. The summed E-state index contributed by atoms with van der Waals surface area (Å²) in [4.78, 5) is 12.5. The first-order valence-corrected chi connectivity index (χ1v) is 12.2. The van der Waals surface area contributed by atoms with Gasteiger partial charge in [0.2, 0.25) is 15.9 Å². The number of alkyl halides is 3. The molecule has 1 N–H and O–H groups in total. The van der Waals surface area contributed by atoms with E-state index in [1.54, 1.807) is 0 Å². The molecule has 2 heterocycles. The van der Waals surface area contributed by atoms with Crippen molar-refractivity contribution in [3.05, 3.63) is 77.6 Å². The molecule has 1 saturated heterocycles. The third kappa shape index (κ3) is 5.41. The molecule has 1 aliphatic heterocycles. The van der Waals surface area contributed by atoms with Gasteiger partial charge in [0.1, 0.15) is 23.8 Å². The van der Waals surface area contributed by atoms with E-state index in [1.165, 1.54) is 6.07 Å². The van der Waals surface area contributed by atoms with Gasteiger partial charge in [-0.2, -0.15) is 9.40 Å². The van der Waals surface area contributed by atoms with Crippen LogP contribution in [0.4, 0.5) is 22.0 Å². The van der Waals surface area contributed by atoms with Crippen LogP contribution in [0.5, 0.6) is 0 Å². The van der Waals surface area contributed by atoms with Crippen molar-refractivity contribution in [2.75, 3.05) is 6.54 Å². The Morgan fingerprint density at radius 2 is 1.83 bits per heavy atom. The standard InChI is InChI=1S/C23H21F5N4O3S/c1-23(27,28)15-11-30-31(12-15)19-7-14(6-17(25)8-19)10-29-22(33)21-9-18(26)13-32(21)36(34,35)20-4-2-16(24)3-5-20/h2-8,11-12,18,21H,9-10,13H2,1H3,(H,29,33)/t18-,21+/m1/s1. The van der Waals surface area contributed by atoms with Crippen molar-refractivity contribution in [3.8, 4) is 5.69 Å². The molecule has 36 heavy (non-hydrogen) atoms. The second-order valence-corrected chi connectivity index (χ2v) is 10.4. The molecule has 2 aromatic carbocycles. The number of carbonyl (C=O) groups excluding carboxylic acids is 1. The zero-order valence-electron chi connectivity index (χ0n) is 18.8. The maximum atomic E-state index is 14.2. The summed E-state index contributed by atoms with van der Waals surface area (Å²) in [5, 5.41) is 6.29. The van der Waals surface area contributed by atoms with Crippen LogP contribution >= 0.6 is 0 Å². The zero-order valence-corrected chi connectivity index (χ0v) is 19.7. The summed E-state index contributed by atoms with van der Waals surface area (Å²) in [5.74, 6) is -5.32. The Kier molecular flexibility index (Phi) is 6.88. The van der Waals surface area contributed by atoms with Crippen molar-refractivity contribution in [3.63, 3.8) is 0 Å². The van der Waals surface area contributed by atoms with Crippen molar-refractivity contribution in [1.29, 1.82) is 0 Å². The maximum absolute atomic E-state index is 14.2. The van der Waals surface area contributed by atoms with E-state index in [0.29, 0.717) is 11.2 Å². The molecule has 1 aromatic heterocycles. The van der Waals surface area contributed by atoms with Gasteiger partial charge in [-0.3, -0.25) is 4.79 Å². The number of amides is 1. The predicted molar refractivity (Wildman–Crippen MR) is 119 cm³/mol. The van der Waals surface area contributed by atoms with Crippen LogP contribution in [0.25, 0.3) is 5.69 Å². The molecule has 2 atom stereocenters. The Morgan fingerprint density at radius 1 is 1.14 bits per heavy atom. The van der Waals surface area contributed by atoms with Crippen LogP contribution in [0.1, 0.15) is 24.5 Å². The lowest BCUT2D eigenvalue weighted by atomic mass is 10.1. The Bertz CT molecular complexity index is 1370. The lowest BCUT2D eigenvalue weighted by Crippen LogP contribution is -2.45. The first-order valence-electron chi connectivity index (χ1n) is 10.8. The molecule has 1 aliphatic rings. The fourth-order valence-electron chi connectivity index (χ4n) is 3.87. The van der Waals surface area contributed by atoms with Crippen molar-refractivity contribution in [1.82, 2.24) is 19.4 Å². The summed E-state index contributed by atoms with van der Waals surface area (Å²) in [6.07, 6.45) is 0.0233. The van der Waals surface area contributed by atoms with Gasteiger partial charge in [0, 0.05) is 32.6 Å². The van der Waals surface area contributed by atoms with Crippen LogP contribution in [0.2, 0.25) is 0 Å². The molecular weight excluding hydrogens is 507 g/mol. The second-order valence-electron chi connectivity index (χ2n) is 8.47. The molecule has 0 radical (unpaired) electrons. The molecule has 3 aromatic rings. The van der Waals surface area contributed by atoms with E-state index in [4.69, 9.17) is 0 Å². The highest BCUT2D eigenvalue weighted by atomic mass is 32.2. The predicted octanol–water partition coefficient (Wildman–Crippen LogP) is 3.68. The first kappa shape index (κ1) is 25.8. The topological polar surface area (TPSA) is 84.3 Å². The van der Waals surface area contributed by atoms with Crippen LogP contribution in [0, 0.1) is 11.6 Å². The van der Waals surface area contributed by atoms with Crippen LogP contribution in [-0.4, -0.2) is 47.2 Å². The Morgan fingerprint density at radius 3 is 2.47 bits per heavy atom. The van der Waals surface area contributed by atoms with E-state index < -0.39 is 52.2 Å². The molecule has 4 rings (SSSR count). The number of nitrogens with zero attached hydrogens (tertiary/aromatic N) is 3. The SMILES string of the molecule is CC(F)(F)c1cnn(-c2cc(F)cc(CNC(=O)[C@@H]3C[C@@H](F)CN3S(=O)(=O)c3ccc(F)cc3)c2)c1. The van der Waals surface area contributed by atoms with E-state index in [-0.39, 0.29) is 34.7 Å². The summed E-state index contributed by atoms with van der Waals surface area (Å²) < 4.78 is 96.2. The van der Waals surface area contributed by atoms with Crippen molar-refractivity contribution < 1.29 is 35.2 Å². The minimum Gasteiger partial charge on any atom is -0.351 e. The van der Waals surface area contributed by atoms with E-state index in [0.717, 1.165) is 53.5 Å². The van der Waals surface area contributed by atoms with Crippen LogP contribution in [0.3, 0.4) is 0 Å². The summed E-state index contributed by atoms with van der Waals surface area (Å²) in [7, 11) is -4.29. The fourth-order valence-corrected chi connectivity index (χ4v) is 5.49. The van der Waals surface area contributed by atoms with E-state index in [9.17, 15) is 35.2 Å². The molecule has 7 nitrogen and oxygen atoms in total. The average Bonchev–Trinajstić information content (AvgIpc) is 3.45. The number of sulfonamides is 1. The average molecular weight is 529 g/mol. The fraction of sp³-hybridized carbons (Fsp3) is 0.304. The minimum absolute atomic E-state index is 0.125. The van der Waals surface area contributed by atoms with Gasteiger partial charge in [0.15, 0.2) is 0 Å². The highest BCUT2D eigenvalue weighted by Crippen LogP contribution is 2.29. The normalized spacial score (nSPS) is 18.9. The Balaban J connectivity index is 1.50. The molecular formula is C23H21F5N4O3S. The number of halogens is 5. The number of hydrogen-bond donors (Lipinski definition) is 1. The van der Waals surface area contributed by atoms with Gasteiger partial charge in [-0.05, 0) is 48.0 Å². The molecule has 1 fully saturated rings. The van der Waals surface area contributed by atoms with E-state index in [1.807, 2.05) is 0 Å². The Labute approximate surface area is 203 Å². The summed E-state index contributed by atoms with van der Waals surface area (Å²) in [5.41, 5.74) is -0.00701. The largest absolute Gasteiger partial charge is 0.351 e. The van der Waals surface area contributed by atoms with E-state index >= 15 is 0 Å². The molecule has 0 bridgehead atoms. The first-order chi connectivity index (χ1) is 16.8. The Hall–Kier alpha value is -3.32. The number of hydrogen-bond acceptors (Lipinski definition) is 4. The molecule has 192 valence electrons. The van der Waals surface area contributed by atoms with Crippen molar-refractivity contribution in [2.24, 2.45) is 0 Å². The lowest BCUT2D eigenvalue weighted by Gasteiger charge is -2.23. The third-order valence-corrected chi connectivity index (χ3v) is 7.58. The van der Waals surface area contributed by atoms with Gasteiger partial charge in [0.25, 0.3) is 5.92 Å². The zero-order chi connectivity index (χ0) is 26.3. The summed E-state index contributed by atoms with van der Waals surface area (Å²) >= 11 is 0. The number of aromatic nitrogens is 2. The summed E-state index contributed by atoms with van der Waals surface area (Å²) in [6, 6.07) is 6.13. The molecule has 1 amide bonds. The maximum Gasteiger partial charge on any atom is 0.273 e. The highest BCUT2D eigenvalue weighted by Gasteiger charge is 2.44. The van der Waals surface area contributed by atoms with Gasteiger partial charge in [0.05, 0.1) is 22.3 Å². The molecule has 13 heteroatoms. The lowest BCUT2D eigenvalue weighted by molar-refractivity contribution is -0.124. The quantitative estimate of drug-likeness (QED) is 0.475. The van der Waals surface area contributed by atoms with Gasteiger partial charge >= 0.3 is 0 Å². The van der Waals surface area contributed by atoms with Gasteiger partial charge in [-0.1, -0.05) is 0 Å². The van der Waals surface area contributed by atoms with Gasteiger partial charge in [-0.25, -0.2) is 35.1 Å². The van der Waals surface area contributed by atoms with Crippen LogP contribution < -0.4 is 5.32 Å². The van der Waals surface area contributed by atoms with Gasteiger partial charge in [-0.15, -0.1) is 0 Å². The second kappa shape index (κ2) is 9.62. The molecule has 0 aliphatic carbocycles. The van der Waals surface area contributed by atoms with Crippen molar-refractivity contribution >= 4 is 15.9 Å². The minimum atomic E-state index is -4.29. The van der Waals surface area contributed by atoms with Crippen molar-refractivity contribution in [2.45, 2.75) is 42.9 Å². The number of nitrogens with one attached hydrogen (secondary N) is 1. The number of benzene rings is 2. The summed E-state index contributed by atoms with van der Waals surface area (Å²) in [6.45, 7) is -0.101. The van der Waals surface area contributed by atoms with Crippen LogP contribution in [0.15, 0.2) is 59.8 Å². The third-order valence-electron chi connectivity index (χ3n) is 5.69. The van der Waals surface area contributed by atoms with Gasteiger partial charge < -0.3 is 5.32 Å². The van der Waals surface area contributed by atoms with Crippen LogP contribution in [-0.2, 0) is 27.3 Å². The molecule has 0 unspecified atom stereocenters.